The monoisotopic (exact) mass is 470 g/mol. The van der Waals surface area contributed by atoms with Crippen molar-refractivity contribution in [1.29, 1.82) is 0 Å². The van der Waals surface area contributed by atoms with Crippen molar-refractivity contribution >= 4 is 46.2 Å². The summed E-state index contributed by atoms with van der Waals surface area (Å²) in [4.78, 5) is 21.3. The van der Waals surface area contributed by atoms with E-state index >= 15 is 0 Å². The van der Waals surface area contributed by atoms with Gasteiger partial charge in [0.05, 0.1) is 16.6 Å². The molecular formula is C25H20BFN4O4. The highest BCUT2D eigenvalue weighted by Gasteiger charge is 2.23. The molecule has 0 saturated carbocycles. The van der Waals surface area contributed by atoms with E-state index < -0.39 is 13.0 Å². The van der Waals surface area contributed by atoms with Crippen molar-refractivity contribution in [2.45, 2.75) is 13.5 Å². The van der Waals surface area contributed by atoms with Crippen molar-refractivity contribution in [3.8, 4) is 11.4 Å². The minimum Gasteiger partial charge on any atom is -0.460 e. The average molecular weight is 470 g/mol. The van der Waals surface area contributed by atoms with E-state index in [0.29, 0.717) is 44.6 Å². The molecule has 10 heteroatoms. The maximum absolute atomic E-state index is 13.7. The van der Waals surface area contributed by atoms with Crippen LogP contribution >= 0.6 is 0 Å². The molecule has 0 radical (unpaired) electrons. The fraction of sp³-hybridized carbons (Fsp3) is 0.0800. The highest BCUT2D eigenvalue weighted by Crippen LogP contribution is 2.36. The van der Waals surface area contributed by atoms with Crippen molar-refractivity contribution in [2.24, 2.45) is 5.73 Å². The molecule has 0 saturated heterocycles. The fourth-order valence-electron chi connectivity index (χ4n) is 4.17. The number of hydrogen-bond acceptors (Lipinski definition) is 7. The van der Waals surface area contributed by atoms with Gasteiger partial charge in [-0.15, -0.1) is 0 Å². The van der Waals surface area contributed by atoms with Gasteiger partial charge in [0.1, 0.15) is 23.0 Å². The summed E-state index contributed by atoms with van der Waals surface area (Å²) in [6.45, 7) is 1.99. The average Bonchev–Trinajstić information content (AvgIpc) is 3.17. The fourth-order valence-corrected chi connectivity index (χ4v) is 4.17. The van der Waals surface area contributed by atoms with E-state index in [1.165, 1.54) is 12.1 Å². The van der Waals surface area contributed by atoms with Gasteiger partial charge in [-0.1, -0.05) is 36.4 Å². The molecular weight excluding hydrogens is 450 g/mol. The van der Waals surface area contributed by atoms with Crippen molar-refractivity contribution in [2.75, 3.05) is 5.32 Å². The maximum atomic E-state index is 13.7. The predicted molar refractivity (Wildman–Crippen MR) is 132 cm³/mol. The second-order valence-electron chi connectivity index (χ2n) is 8.08. The molecule has 0 bridgehead atoms. The number of furan rings is 1. The summed E-state index contributed by atoms with van der Waals surface area (Å²) in [5.41, 5.74) is 7.83. The number of carbonyl (C=O) groups is 1. The van der Waals surface area contributed by atoms with Crippen LogP contribution in [-0.2, 0) is 6.54 Å². The third-order valence-electron chi connectivity index (χ3n) is 5.77. The number of nitrogens with one attached hydrogen (secondary N) is 1. The van der Waals surface area contributed by atoms with Crippen LogP contribution in [0.25, 0.3) is 33.3 Å². The van der Waals surface area contributed by atoms with Crippen LogP contribution in [0.15, 0.2) is 65.1 Å². The molecule has 0 atom stereocenters. The second kappa shape index (κ2) is 8.82. The normalized spacial score (nSPS) is 11.2. The first-order valence-electron chi connectivity index (χ1n) is 10.8. The second-order valence-corrected chi connectivity index (χ2v) is 8.08. The predicted octanol–water partition coefficient (Wildman–Crippen LogP) is 2.88. The minimum absolute atomic E-state index is 0.197. The Kier molecular flexibility index (Phi) is 5.68. The van der Waals surface area contributed by atoms with Gasteiger partial charge in [-0.3, -0.25) is 4.79 Å². The Labute approximate surface area is 199 Å². The zero-order chi connectivity index (χ0) is 24.7. The van der Waals surface area contributed by atoms with Crippen LogP contribution in [-0.4, -0.2) is 33.0 Å². The Balaban J connectivity index is 1.72. The van der Waals surface area contributed by atoms with Crippen LogP contribution in [0.2, 0.25) is 0 Å². The van der Waals surface area contributed by atoms with Crippen molar-refractivity contribution < 1.29 is 23.7 Å². The van der Waals surface area contributed by atoms with Gasteiger partial charge in [0, 0.05) is 22.8 Å². The molecule has 5 rings (SSSR count). The Hall–Kier alpha value is -4.28. The number of fused-ring (bicyclic) bond motifs is 2. The number of aromatic nitrogens is 2. The summed E-state index contributed by atoms with van der Waals surface area (Å²) >= 11 is 0. The largest absolute Gasteiger partial charge is 0.490 e. The van der Waals surface area contributed by atoms with E-state index in [2.05, 4.69) is 10.3 Å². The molecule has 35 heavy (non-hydrogen) atoms. The summed E-state index contributed by atoms with van der Waals surface area (Å²) in [5.74, 6) is 0.153. The number of nitrogens with two attached hydrogens (primary N) is 1. The highest BCUT2D eigenvalue weighted by molar-refractivity contribution is 6.61. The summed E-state index contributed by atoms with van der Waals surface area (Å²) < 4.78 is 19.5. The molecule has 0 aliphatic heterocycles. The SMILES string of the molecule is Cc1oc2c(C(N)=O)cccc2c1-c1nc(NCc2cccc(F)c2)c2cccc(B(O)O)c2n1. The summed E-state index contributed by atoms with van der Waals surface area (Å²) in [5, 5.41) is 24.3. The summed E-state index contributed by atoms with van der Waals surface area (Å²) in [6.07, 6.45) is 0. The number of benzene rings is 3. The molecule has 2 heterocycles. The first-order valence-corrected chi connectivity index (χ1v) is 10.8. The number of nitrogens with zero attached hydrogens (tertiary/aromatic N) is 2. The van der Waals surface area contributed by atoms with Crippen LogP contribution in [0, 0.1) is 12.7 Å². The van der Waals surface area contributed by atoms with Crippen LogP contribution in [0.5, 0.6) is 0 Å². The lowest BCUT2D eigenvalue weighted by Crippen LogP contribution is -2.31. The zero-order valence-corrected chi connectivity index (χ0v) is 18.6. The molecule has 174 valence electrons. The number of aryl methyl sites for hydroxylation is 1. The topological polar surface area (TPSA) is 134 Å². The maximum Gasteiger partial charge on any atom is 0.490 e. The third kappa shape index (κ3) is 4.09. The standard InChI is InChI=1S/C25H20BFN4O4/c1-13-20(16-7-3-9-18(23(28)32)22(16)35-13)25-30-21-17(8-4-10-19(21)26(33)34)24(31-25)29-12-14-5-2-6-15(27)11-14/h2-11,33-34H,12H2,1H3,(H2,28,32)(H,29,30,31). The molecule has 5 N–H and O–H groups in total. The molecule has 0 fully saturated rings. The minimum atomic E-state index is -1.76. The molecule has 1 amide bonds. The van der Waals surface area contributed by atoms with E-state index in [-0.39, 0.29) is 29.2 Å². The number of primary amides is 1. The van der Waals surface area contributed by atoms with Crippen molar-refractivity contribution in [1.82, 2.24) is 9.97 Å². The van der Waals surface area contributed by atoms with Crippen LogP contribution in [0.3, 0.4) is 0 Å². The first kappa shape index (κ1) is 22.5. The first-order chi connectivity index (χ1) is 16.8. The molecule has 3 aromatic carbocycles. The molecule has 5 aromatic rings. The molecule has 0 unspecified atom stereocenters. The number of halogens is 1. The lowest BCUT2D eigenvalue weighted by Gasteiger charge is -2.13. The van der Waals surface area contributed by atoms with Crippen molar-refractivity contribution in [3.63, 3.8) is 0 Å². The number of carbonyl (C=O) groups excluding carboxylic acids is 1. The number of amides is 1. The van der Waals surface area contributed by atoms with Gasteiger partial charge in [-0.25, -0.2) is 14.4 Å². The van der Waals surface area contributed by atoms with E-state index in [4.69, 9.17) is 15.1 Å². The Morgan fingerprint density at radius 1 is 1.09 bits per heavy atom. The lowest BCUT2D eigenvalue weighted by atomic mass is 9.79. The molecule has 2 aromatic heterocycles. The van der Waals surface area contributed by atoms with Gasteiger partial charge >= 0.3 is 7.12 Å². The number of anilines is 1. The molecule has 0 spiro atoms. The quantitative estimate of drug-likeness (QED) is 0.281. The van der Waals surface area contributed by atoms with Crippen LogP contribution < -0.4 is 16.5 Å². The number of para-hydroxylation sites is 2. The van der Waals surface area contributed by atoms with E-state index in [1.807, 2.05) is 0 Å². The van der Waals surface area contributed by atoms with E-state index in [0.717, 1.165) is 0 Å². The van der Waals surface area contributed by atoms with Gasteiger partial charge in [-0.2, -0.15) is 0 Å². The lowest BCUT2D eigenvalue weighted by molar-refractivity contribution is 0.100. The Morgan fingerprint density at radius 2 is 1.83 bits per heavy atom. The highest BCUT2D eigenvalue weighted by atomic mass is 19.1. The van der Waals surface area contributed by atoms with Gasteiger partial charge in [0.25, 0.3) is 5.91 Å². The molecule has 0 aliphatic carbocycles. The number of rotatable bonds is 6. The smallest absolute Gasteiger partial charge is 0.460 e. The summed E-state index contributed by atoms with van der Waals surface area (Å²) in [6, 6.07) is 16.2. The molecule has 0 aliphatic rings. The Bertz CT molecular complexity index is 1600. The van der Waals surface area contributed by atoms with Gasteiger partial charge < -0.3 is 25.5 Å². The van der Waals surface area contributed by atoms with Crippen LogP contribution in [0.1, 0.15) is 21.7 Å². The van der Waals surface area contributed by atoms with E-state index in [9.17, 15) is 19.2 Å². The third-order valence-corrected chi connectivity index (χ3v) is 5.77. The van der Waals surface area contributed by atoms with Crippen molar-refractivity contribution in [3.05, 3.63) is 83.4 Å². The van der Waals surface area contributed by atoms with E-state index in [1.54, 1.807) is 55.5 Å². The van der Waals surface area contributed by atoms with Crippen LogP contribution in [0.4, 0.5) is 10.2 Å². The Morgan fingerprint density at radius 3 is 2.57 bits per heavy atom. The van der Waals surface area contributed by atoms with Gasteiger partial charge in [0.15, 0.2) is 5.82 Å². The molecule has 8 nitrogen and oxygen atoms in total. The van der Waals surface area contributed by atoms with Gasteiger partial charge in [0.2, 0.25) is 0 Å². The summed E-state index contributed by atoms with van der Waals surface area (Å²) in [7, 11) is -1.76. The number of hydrogen-bond donors (Lipinski definition) is 4. The van der Waals surface area contributed by atoms with Gasteiger partial charge in [-0.05, 0) is 36.8 Å². The zero-order valence-electron chi connectivity index (χ0n) is 18.6.